The molecule has 0 saturated carbocycles. The average Bonchev–Trinajstić information content (AvgIpc) is 2.58. The van der Waals surface area contributed by atoms with Crippen LogP contribution in [0, 0.1) is 0 Å². The number of nitrogens with one attached hydrogen (secondary N) is 1. The van der Waals surface area contributed by atoms with E-state index in [4.69, 9.17) is 11.5 Å². The van der Waals surface area contributed by atoms with Crippen LogP contribution in [0.3, 0.4) is 0 Å². The van der Waals surface area contributed by atoms with Gasteiger partial charge in [0.1, 0.15) is 0 Å². The lowest BCUT2D eigenvalue weighted by atomic mass is 10.1. The first-order valence-electron chi connectivity index (χ1n) is 6.44. The highest BCUT2D eigenvalue weighted by Gasteiger charge is 2.25. The molecule has 0 fully saturated rings. The Morgan fingerprint density at radius 3 is 2.62 bits per heavy atom. The largest absolute Gasteiger partial charge is 0.368 e. The maximum Gasteiger partial charge on any atom is 0.237 e. The molecule has 7 nitrogen and oxygen atoms in total. The van der Waals surface area contributed by atoms with E-state index in [0.29, 0.717) is 11.6 Å². The van der Waals surface area contributed by atoms with Crippen molar-refractivity contribution < 1.29 is 4.79 Å². The number of carbonyl (C=O) groups excluding carboxylic acids is 1. The Labute approximate surface area is 125 Å². The fourth-order valence-electron chi connectivity index (χ4n) is 2.17. The van der Waals surface area contributed by atoms with Gasteiger partial charge >= 0.3 is 0 Å². The third-order valence-electron chi connectivity index (χ3n) is 3.14. The van der Waals surface area contributed by atoms with E-state index in [2.05, 4.69) is 20.3 Å². The number of hydrogen-bond donors (Lipinski definition) is 3. The molecule has 2 aromatic rings. The van der Waals surface area contributed by atoms with Gasteiger partial charge in [0, 0.05) is 5.69 Å². The standard InChI is InChI=1S/C13H14N6OS/c14-11-17-12(15)19-13(18-11)21-9-6-5-7-3-1-2-4-8(7)16-10(9)20/h1-4,9H,5-6H2,(H,16,20)(H4,14,15,17,18,19)/t9-/m1/s1. The number of amides is 1. The smallest absolute Gasteiger partial charge is 0.237 e. The summed E-state index contributed by atoms with van der Waals surface area (Å²) in [7, 11) is 0. The summed E-state index contributed by atoms with van der Waals surface area (Å²) >= 11 is 1.25. The molecule has 0 aliphatic carbocycles. The second kappa shape index (κ2) is 5.57. The van der Waals surface area contributed by atoms with Gasteiger partial charge in [-0.3, -0.25) is 4.79 Å². The van der Waals surface area contributed by atoms with E-state index in [1.165, 1.54) is 11.8 Å². The first kappa shape index (κ1) is 13.6. The van der Waals surface area contributed by atoms with E-state index < -0.39 is 0 Å². The second-order valence-electron chi connectivity index (χ2n) is 4.63. The highest BCUT2D eigenvalue weighted by atomic mass is 32.2. The van der Waals surface area contributed by atoms with Gasteiger partial charge in [0.25, 0.3) is 0 Å². The third-order valence-corrected chi connectivity index (χ3v) is 4.27. The van der Waals surface area contributed by atoms with E-state index in [1.54, 1.807) is 0 Å². The molecule has 0 bridgehead atoms. The molecule has 0 spiro atoms. The predicted molar refractivity (Wildman–Crippen MR) is 81.7 cm³/mol. The molecule has 1 atom stereocenters. The Balaban J connectivity index is 1.79. The topological polar surface area (TPSA) is 120 Å². The minimum atomic E-state index is -0.293. The Hall–Kier alpha value is -2.35. The number of carbonyl (C=O) groups is 1. The second-order valence-corrected chi connectivity index (χ2v) is 5.80. The first-order valence-corrected chi connectivity index (χ1v) is 7.32. The van der Waals surface area contributed by atoms with E-state index in [-0.39, 0.29) is 23.1 Å². The third kappa shape index (κ3) is 3.05. The highest BCUT2D eigenvalue weighted by Crippen LogP contribution is 2.30. The molecule has 0 radical (unpaired) electrons. The lowest BCUT2D eigenvalue weighted by Crippen LogP contribution is -2.24. The summed E-state index contributed by atoms with van der Waals surface area (Å²) in [4.78, 5) is 24.0. The fraction of sp³-hybridized carbons (Fsp3) is 0.231. The molecule has 1 amide bonds. The fourth-order valence-corrected chi connectivity index (χ4v) is 3.12. The van der Waals surface area contributed by atoms with E-state index in [9.17, 15) is 4.79 Å². The zero-order valence-corrected chi connectivity index (χ0v) is 11.9. The SMILES string of the molecule is Nc1nc(N)nc(S[C@@H]2CCc3ccccc3NC2=O)n1. The van der Waals surface area contributed by atoms with Gasteiger partial charge in [-0.1, -0.05) is 30.0 Å². The van der Waals surface area contributed by atoms with Crippen molar-refractivity contribution in [1.82, 2.24) is 15.0 Å². The van der Waals surface area contributed by atoms with Crippen LogP contribution in [0.15, 0.2) is 29.4 Å². The number of nitrogen functional groups attached to an aromatic ring is 2. The van der Waals surface area contributed by atoms with Gasteiger partial charge in [-0.15, -0.1) is 0 Å². The quantitative estimate of drug-likeness (QED) is 0.759. The molecule has 1 aliphatic rings. The number of aromatic nitrogens is 3. The first-order chi connectivity index (χ1) is 10.1. The maximum atomic E-state index is 12.3. The maximum absolute atomic E-state index is 12.3. The number of thioether (sulfide) groups is 1. The summed E-state index contributed by atoms with van der Waals surface area (Å²) < 4.78 is 0. The normalized spacial score (nSPS) is 17.7. The molecule has 3 rings (SSSR count). The summed E-state index contributed by atoms with van der Waals surface area (Å²) in [5, 5.41) is 3.00. The average molecular weight is 302 g/mol. The van der Waals surface area contributed by atoms with Crippen molar-refractivity contribution in [3.63, 3.8) is 0 Å². The Morgan fingerprint density at radius 2 is 1.86 bits per heavy atom. The van der Waals surface area contributed by atoms with Crippen LogP contribution in [-0.2, 0) is 11.2 Å². The van der Waals surface area contributed by atoms with Crippen LogP contribution in [-0.4, -0.2) is 26.1 Å². The lowest BCUT2D eigenvalue weighted by Gasteiger charge is -2.11. The molecular formula is C13H14N6OS. The number of aryl methyl sites for hydroxylation is 1. The van der Waals surface area contributed by atoms with Crippen LogP contribution in [0.5, 0.6) is 0 Å². The number of nitrogens with zero attached hydrogens (tertiary/aromatic N) is 3. The van der Waals surface area contributed by atoms with Crippen LogP contribution in [0.4, 0.5) is 17.6 Å². The van der Waals surface area contributed by atoms with Crippen LogP contribution >= 0.6 is 11.8 Å². The van der Waals surface area contributed by atoms with Crippen LogP contribution in [0.25, 0.3) is 0 Å². The number of nitrogens with two attached hydrogens (primary N) is 2. The highest BCUT2D eigenvalue weighted by molar-refractivity contribution is 8.00. The molecule has 108 valence electrons. The molecule has 2 heterocycles. The summed E-state index contributed by atoms with van der Waals surface area (Å²) in [6.45, 7) is 0. The lowest BCUT2D eigenvalue weighted by molar-refractivity contribution is -0.115. The molecule has 8 heteroatoms. The van der Waals surface area contributed by atoms with Gasteiger partial charge in [0.15, 0.2) is 5.16 Å². The minimum Gasteiger partial charge on any atom is -0.368 e. The number of para-hydroxylation sites is 1. The van der Waals surface area contributed by atoms with E-state index in [1.807, 2.05) is 24.3 Å². The Bertz CT molecular complexity index is 672. The molecule has 0 unspecified atom stereocenters. The predicted octanol–water partition coefficient (Wildman–Crippen LogP) is 1.08. The van der Waals surface area contributed by atoms with Crippen LogP contribution in [0.2, 0.25) is 0 Å². The van der Waals surface area contributed by atoms with Crippen molar-refractivity contribution in [3.05, 3.63) is 29.8 Å². The number of hydrogen-bond acceptors (Lipinski definition) is 7. The van der Waals surface area contributed by atoms with Gasteiger partial charge in [0.05, 0.1) is 5.25 Å². The number of fused-ring (bicyclic) bond motifs is 1. The van der Waals surface area contributed by atoms with Gasteiger partial charge in [0.2, 0.25) is 17.8 Å². The van der Waals surface area contributed by atoms with Crippen molar-refractivity contribution in [2.45, 2.75) is 23.2 Å². The molecule has 1 aromatic carbocycles. The number of rotatable bonds is 2. The zero-order chi connectivity index (χ0) is 14.8. The molecule has 0 saturated heterocycles. The van der Waals surface area contributed by atoms with E-state index in [0.717, 1.165) is 17.7 Å². The van der Waals surface area contributed by atoms with Crippen molar-refractivity contribution in [2.24, 2.45) is 0 Å². The molecule has 5 N–H and O–H groups in total. The van der Waals surface area contributed by atoms with Crippen LogP contribution < -0.4 is 16.8 Å². The van der Waals surface area contributed by atoms with Crippen molar-refractivity contribution >= 4 is 35.3 Å². The van der Waals surface area contributed by atoms with Gasteiger partial charge < -0.3 is 16.8 Å². The molecule has 21 heavy (non-hydrogen) atoms. The van der Waals surface area contributed by atoms with Crippen molar-refractivity contribution in [3.8, 4) is 0 Å². The van der Waals surface area contributed by atoms with Crippen molar-refractivity contribution in [1.29, 1.82) is 0 Å². The van der Waals surface area contributed by atoms with Gasteiger partial charge in [-0.2, -0.15) is 15.0 Å². The summed E-state index contributed by atoms with van der Waals surface area (Å²) in [6.07, 6.45) is 1.50. The van der Waals surface area contributed by atoms with Gasteiger partial charge in [-0.25, -0.2) is 0 Å². The minimum absolute atomic E-state index is 0.0577. The monoisotopic (exact) mass is 302 g/mol. The van der Waals surface area contributed by atoms with Gasteiger partial charge in [-0.05, 0) is 24.5 Å². The summed E-state index contributed by atoms with van der Waals surface area (Å²) in [6, 6.07) is 7.78. The summed E-state index contributed by atoms with van der Waals surface area (Å²) in [5.41, 5.74) is 13.1. The molecule has 1 aromatic heterocycles. The molecule has 1 aliphatic heterocycles. The molecular weight excluding hydrogens is 288 g/mol. The van der Waals surface area contributed by atoms with Crippen molar-refractivity contribution in [2.75, 3.05) is 16.8 Å². The number of anilines is 3. The van der Waals surface area contributed by atoms with E-state index >= 15 is 0 Å². The number of benzene rings is 1. The Kier molecular flexibility index (Phi) is 3.61. The summed E-state index contributed by atoms with van der Waals surface area (Å²) in [5.74, 6) is 0.0483. The van der Waals surface area contributed by atoms with Crippen LogP contribution in [0.1, 0.15) is 12.0 Å². The Morgan fingerprint density at radius 1 is 1.14 bits per heavy atom. The zero-order valence-electron chi connectivity index (χ0n) is 11.1.